The van der Waals surface area contributed by atoms with Gasteiger partial charge >= 0.3 is 11.9 Å². The number of rotatable bonds is 4. The van der Waals surface area contributed by atoms with Gasteiger partial charge in [-0.25, -0.2) is 4.79 Å². The summed E-state index contributed by atoms with van der Waals surface area (Å²) in [7, 11) is 0. The number of ether oxygens (including phenoxy) is 1. The van der Waals surface area contributed by atoms with Crippen molar-refractivity contribution in [3.05, 3.63) is 35.9 Å². The van der Waals surface area contributed by atoms with E-state index in [1.54, 1.807) is 0 Å². The zero-order valence-corrected chi connectivity index (χ0v) is 14.4. The van der Waals surface area contributed by atoms with Gasteiger partial charge in [0.25, 0.3) is 11.6 Å². The number of carboxylic acids is 1. The summed E-state index contributed by atoms with van der Waals surface area (Å²) in [6.07, 6.45) is 0.102. The Kier molecular flexibility index (Phi) is 3.91. The lowest BCUT2D eigenvalue weighted by molar-refractivity contribution is -0.216. The topological polar surface area (TPSA) is 113 Å². The van der Waals surface area contributed by atoms with Crippen molar-refractivity contribution in [1.29, 1.82) is 0 Å². The molecule has 3 aliphatic rings. The number of aliphatic carboxylic acids is 1. The van der Waals surface area contributed by atoms with Gasteiger partial charge in [0.2, 0.25) is 5.91 Å². The van der Waals surface area contributed by atoms with E-state index in [1.165, 1.54) is 11.8 Å². The molecule has 3 fully saturated rings. The Labute approximate surface area is 152 Å². The molecular formula is C17H16N2O6S. The predicted molar refractivity (Wildman–Crippen MR) is 89.7 cm³/mol. The zero-order valence-electron chi connectivity index (χ0n) is 13.6. The number of carbonyl (C=O) groups is 4. The van der Waals surface area contributed by atoms with E-state index in [-0.39, 0.29) is 18.7 Å². The smallest absolute Gasteiger partial charge is 0.370 e. The molecule has 0 radical (unpaired) electrons. The summed E-state index contributed by atoms with van der Waals surface area (Å²) < 4.78 is 5.11. The van der Waals surface area contributed by atoms with Gasteiger partial charge in [0.15, 0.2) is 0 Å². The molecule has 1 aromatic carbocycles. The van der Waals surface area contributed by atoms with E-state index < -0.39 is 40.9 Å². The molecule has 3 saturated heterocycles. The van der Waals surface area contributed by atoms with Crippen molar-refractivity contribution in [1.82, 2.24) is 10.2 Å². The molecule has 9 heteroatoms. The Bertz CT molecular complexity index is 800. The monoisotopic (exact) mass is 376 g/mol. The van der Waals surface area contributed by atoms with E-state index in [0.29, 0.717) is 5.75 Å². The van der Waals surface area contributed by atoms with E-state index in [4.69, 9.17) is 4.74 Å². The van der Waals surface area contributed by atoms with Gasteiger partial charge in [0, 0.05) is 11.7 Å². The minimum absolute atomic E-state index is 0.0270. The van der Waals surface area contributed by atoms with Crippen LogP contribution in [0.25, 0.3) is 0 Å². The number of esters is 1. The molecule has 3 aliphatic heterocycles. The number of amides is 2. The number of carboxylic acid groups (broad SMARTS) is 1. The number of β-lactam (4-membered cyclic amide) rings is 1. The third-order valence-electron chi connectivity index (χ3n) is 4.94. The average molecular weight is 376 g/mol. The van der Waals surface area contributed by atoms with E-state index in [1.807, 2.05) is 30.3 Å². The van der Waals surface area contributed by atoms with Crippen LogP contribution >= 0.6 is 11.8 Å². The van der Waals surface area contributed by atoms with E-state index in [0.717, 1.165) is 10.5 Å². The third-order valence-corrected chi connectivity index (χ3v) is 6.35. The van der Waals surface area contributed by atoms with Crippen molar-refractivity contribution in [2.75, 3.05) is 5.75 Å². The Morgan fingerprint density at radius 2 is 2.04 bits per heavy atom. The van der Waals surface area contributed by atoms with Gasteiger partial charge in [-0.1, -0.05) is 30.3 Å². The zero-order chi connectivity index (χ0) is 18.5. The molecule has 0 aliphatic carbocycles. The largest absolute Gasteiger partial charge is 0.477 e. The highest BCUT2D eigenvalue weighted by atomic mass is 32.2. The van der Waals surface area contributed by atoms with Crippen molar-refractivity contribution in [2.45, 2.75) is 30.0 Å². The fourth-order valence-corrected chi connectivity index (χ4v) is 5.28. The van der Waals surface area contributed by atoms with Crippen LogP contribution in [0.5, 0.6) is 0 Å². The summed E-state index contributed by atoms with van der Waals surface area (Å²) in [6.45, 7) is 0. The summed E-state index contributed by atoms with van der Waals surface area (Å²) in [4.78, 5) is 49.4. The highest BCUT2D eigenvalue weighted by Crippen LogP contribution is 2.51. The summed E-state index contributed by atoms with van der Waals surface area (Å²) >= 11 is 1.36. The van der Waals surface area contributed by atoms with E-state index >= 15 is 0 Å². The van der Waals surface area contributed by atoms with Crippen molar-refractivity contribution in [2.24, 2.45) is 5.92 Å². The Balaban J connectivity index is 1.49. The van der Waals surface area contributed by atoms with Crippen molar-refractivity contribution >= 4 is 35.5 Å². The lowest BCUT2D eigenvalue weighted by Gasteiger charge is -2.56. The molecule has 8 nitrogen and oxygen atoms in total. The first-order valence-electron chi connectivity index (χ1n) is 8.17. The van der Waals surface area contributed by atoms with Crippen LogP contribution in [0.15, 0.2) is 30.3 Å². The minimum atomic E-state index is -1.94. The summed E-state index contributed by atoms with van der Waals surface area (Å²) in [6, 6.07) is 8.30. The normalized spacial score (nSPS) is 32.2. The fourth-order valence-electron chi connectivity index (χ4n) is 3.72. The second kappa shape index (κ2) is 6.01. The van der Waals surface area contributed by atoms with E-state index in [2.05, 4.69) is 5.32 Å². The molecule has 0 bridgehead atoms. The molecule has 0 aromatic heterocycles. The standard InChI is InChI=1S/C17H16N2O6S/c20-11(6-9-4-2-1-3-5-9)18-13-14(22)19-15(13)26-8-10-7-12(21)25-17(10,19)16(23)24/h1-5,10,13,15H,6-8H2,(H,18,20)(H,23,24)/t10-,13-,15-,17+/m1/s1. The van der Waals surface area contributed by atoms with Crippen molar-refractivity contribution < 1.29 is 29.0 Å². The first-order valence-corrected chi connectivity index (χ1v) is 9.21. The van der Waals surface area contributed by atoms with Gasteiger partial charge in [-0.05, 0) is 5.56 Å². The second-order valence-electron chi connectivity index (χ2n) is 6.52. The molecule has 0 unspecified atom stereocenters. The number of hydrogen-bond acceptors (Lipinski definition) is 6. The molecule has 1 aromatic rings. The molecule has 4 atom stereocenters. The Morgan fingerprint density at radius 1 is 1.31 bits per heavy atom. The highest BCUT2D eigenvalue weighted by molar-refractivity contribution is 8.00. The second-order valence-corrected chi connectivity index (χ2v) is 7.67. The van der Waals surface area contributed by atoms with Gasteiger partial charge in [-0.2, -0.15) is 0 Å². The first kappa shape index (κ1) is 16.9. The highest BCUT2D eigenvalue weighted by Gasteiger charge is 2.71. The molecule has 0 saturated carbocycles. The van der Waals surface area contributed by atoms with Crippen LogP contribution in [0.2, 0.25) is 0 Å². The maximum Gasteiger partial charge on any atom is 0.370 e. The van der Waals surface area contributed by atoms with Crippen molar-refractivity contribution in [3.8, 4) is 0 Å². The number of benzene rings is 1. The number of carbonyl (C=O) groups excluding carboxylic acids is 3. The lowest BCUT2D eigenvalue weighted by atomic mass is 9.89. The molecule has 2 amide bonds. The van der Waals surface area contributed by atoms with Crippen LogP contribution in [-0.4, -0.2) is 56.7 Å². The number of thioether (sulfide) groups is 1. The molecule has 0 spiro atoms. The number of fused-ring (bicyclic) bond motifs is 3. The maximum absolute atomic E-state index is 12.6. The average Bonchev–Trinajstić information content (AvgIpc) is 2.96. The van der Waals surface area contributed by atoms with Gasteiger partial charge < -0.3 is 15.2 Å². The SMILES string of the molecule is O=C(Cc1ccccc1)N[C@@H]1C(=O)N2[C@@H]1SC[C@H]1CC(=O)O[C@]12C(=O)O. The van der Waals surface area contributed by atoms with Crippen LogP contribution < -0.4 is 5.32 Å². The van der Waals surface area contributed by atoms with Crippen LogP contribution in [0.3, 0.4) is 0 Å². The van der Waals surface area contributed by atoms with Crippen LogP contribution in [-0.2, 0) is 30.3 Å². The quantitative estimate of drug-likeness (QED) is 0.561. The van der Waals surface area contributed by atoms with E-state index in [9.17, 15) is 24.3 Å². The number of nitrogens with zero attached hydrogens (tertiary/aromatic N) is 1. The molecule has 136 valence electrons. The fraction of sp³-hybridized carbons (Fsp3) is 0.412. The maximum atomic E-state index is 12.6. The predicted octanol–water partition coefficient (Wildman–Crippen LogP) is -0.0270. The molecule has 26 heavy (non-hydrogen) atoms. The summed E-state index contributed by atoms with van der Waals surface area (Å²) in [5.41, 5.74) is -1.12. The third kappa shape index (κ3) is 2.38. The van der Waals surface area contributed by atoms with Gasteiger partial charge in [-0.15, -0.1) is 11.8 Å². The van der Waals surface area contributed by atoms with Crippen LogP contribution in [0.1, 0.15) is 12.0 Å². The first-order chi connectivity index (χ1) is 12.4. The van der Waals surface area contributed by atoms with Crippen LogP contribution in [0.4, 0.5) is 0 Å². The van der Waals surface area contributed by atoms with Gasteiger partial charge in [-0.3, -0.25) is 19.3 Å². The minimum Gasteiger partial charge on any atom is -0.477 e. The Morgan fingerprint density at radius 3 is 2.73 bits per heavy atom. The van der Waals surface area contributed by atoms with Gasteiger partial charge in [0.1, 0.15) is 11.4 Å². The van der Waals surface area contributed by atoms with Gasteiger partial charge in [0.05, 0.1) is 12.8 Å². The summed E-state index contributed by atoms with van der Waals surface area (Å²) in [5.74, 6) is -3.03. The Hall–Kier alpha value is -2.55. The number of nitrogens with one attached hydrogen (secondary N) is 1. The molecular weight excluding hydrogens is 360 g/mol. The molecule has 2 N–H and O–H groups in total. The van der Waals surface area contributed by atoms with Crippen molar-refractivity contribution in [3.63, 3.8) is 0 Å². The summed E-state index contributed by atoms with van der Waals surface area (Å²) in [5, 5.41) is 11.8. The number of hydrogen-bond donors (Lipinski definition) is 2. The lowest BCUT2D eigenvalue weighted by Crippen LogP contribution is -2.80. The molecule has 3 heterocycles. The molecule has 4 rings (SSSR count). The van der Waals surface area contributed by atoms with Crippen LogP contribution in [0, 0.1) is 5.92 Å².